The maximum Gasteiger partial charge on any atom is 0.197 e. The van der Waals surface area contributed by atoms with Gasteiger partial charge in [-0.3, -0.25) is 0 Å². The maximum absolute atomic E-state index is 3.99. The van der Waals surface area contributed by atoms with E-state index in [1.54, 1.807) is 0 Å². The summed E-state index contributed by atoms with van der Waals surface area (Å²) in [6.45, 7) is 4.86. The standard InChI is InChI=1S/C55H36BN2Si/c1-55(2)40-22-8-5-17-34(40)39-31-44-52(50(51(39)55)38-21-13-20-37-49-33-16-4-3-15-32(33)29-30-42(49)57-53(37)38)56-41-23-14-28-48-54(41)58(44)43-24-9-12-27-47(43)59(48)45-25-10-6-18-35(45)36-19-7-11-26-46(36)59/h3-31,57H,1-2H3. The highest BCUT2D eigenvalue weighted by Crippen LogP contribution is 2.55. The highest BCUT2D eigenvalue weighted by Gasteiger charge is 2.55. The molecule has 4 heteroatoms. The number of nitrogens with one attached hydrogen (secondary N) is 1. The van der Waals surface area contributed by atoms with Crippen LogP contribution in [0.5, 0.6) is 0 Å². The SMILES string of the molecule is CC1(C)c2ccccc2-c2cc3c(c(-c4cccc5c4[nH]c4ccc6ccccc6c45)c21)[B]c1cccc2c1N3c1ccccc1[Si]21c2ccccc2-c2ccccc21. The van der Waals surface area contributed by atoms with E-state index in [1.807, 2.05) is 0 Å². The molecule has 1 spiro atoms. The monoisotopic (exact) mass is 763 g/mol. The average molecular weight is 764 g/mol. The molecule has 4 heterocycles. The summed E-state index contributed by atoms with van der Waals surface area (Å²) in [6.07, 6.45) is 0. The van der Waals surface area contributed by atoms with Gasteiger partial charge >= 0.3 is 0 Å². The molecule has 0 fully saturated rings. The van der Waals surface area contributed by atoms with Gasteiger partial charge in [-0.15, -0.1) is 0 Å². The number of fused-ring (bicyclic) bond motifs is 19. The molecule has 1 aromatic heterocycles. The van der Waals surface area contributed by atoms with E-state index in [-0.39, 0.29) is 5.41 Å². The molecule has 0 saturated carbocycles. The summed E-state index contributed by atoms with van der Waals surface area (Å²) < 4.78 is 0. The van der Waals surface area contributed by atoms with Gasteiger partial charge in [0.05, 0.1) is 5.52 Å². The van der Waals surface area contributed by atoms with E-state index in [4.69, 9.17) is 0 Å². The van der Waals surface area contributed by atoms with Gasteiger partial charge in [0, 0.05) is 44.3 Å². The topological polar surface area (TPSA) is 19.0 Å². The van der Waals surface area contributed by atoms with E-state index >= 15 is 0 Å². The number of aromatic amines is 1. The predicted molar refractivity (Wildman–Crippen MR) is 252 cm³/mol. The molecule has 9 aromatic carbocycles. The number of hydrogen-bond acceptors (Lipinski definition) is 1. The first-order valence-corrected chi connectivity index (χ1v) is 22.9. The van der Waals surface area contributed by atoms with Crippen LogP contribution in [0.1, 0.15) is 25.0 Å². The molecule has 0 unspecified atom stereocenters. The van der Waals surface area contributed by atoms with Gasteiger partial charge in [0.2, 0.25) is 0 Å². The molecule has 4 aliphatic rings. The van der Waals surface area contributed by atoms with Gasteiger partial charge in [-0.05, 0) is 94.1 Å². The third kappa shape index (κ3) is 3.76. The zero-order valence-electron chi connectivity index (χ0n) is 32.8. The second-order valence-corrected chi connectivity index (χ2v) is 21.1. The molecule has 59 heavy (non-hydrogen) atoms. The minimum atomic E-state index is -2.70. The average Bonchev–Trinajstić information content (AvgIpc) is 3.89. The van der Waals surface area contributed by atoms with Crippen molar-refractivity contribution in [2.75, 3.05) is 4.90 Å². The number of nitrogens with zero attached hydrogens (tertiary/aromatic N) is 1. The van der Waals surface area contributed by atoms with Gasteiger partial charge < -0.3 is 9.88 Å². The summed E-state index contributed by atoms with van der Waals surface area (Å²) in [4.78, 5) is 6.65. The lowest BCUT2D eigenvalue weighted by Gasteiger charge is -2.47. The van der Waals surface area contributed by atoms with Crippen molar-refractivity contribution in [2.24, 2.45) is 0 Å². The van der Waals surface area contributed by atoms with Crippen LogP contribution < -0.4 is 36.6 Å². The Morgan fingerprint density at radius 2 is 1.17 bits per heavy atom. The Labute approximate surface area is 344 Å². The fourth-order valence-corrected chi connectivity index (χ4v) is 17.7. The molecule has 273 valence electrons. The minimum Gasteiger partial charge on any atom is -0.354 e. The summed E-state index contributed by atoms with van der Waals surface area (Å²) in [6, 6.07) is 67.0. The Balaban J connectivity index is 1.12. The minimum absolute atomic E-state index is 0.221. The van der Waals surface area contributed by atoms with Gasteiger partial charge in [0.25, 0.3) is 0 Å². The zero-order chi connectivity index (χ0) is 38.8. The molecule has 1 N–H and O–H groups in total. The van der Waals surface area contributed by atoms with Crippen molar-refractivity contribution in [2.45, 2.75) is 19.3 Å². The number of anilines is 3. The Morgan fingerprint density at radius 3 is 2.00 bits per heavy atom. The van der Waals surface area contributed by atoms with Crippen LogP contribution in [0.25, 0.3) is 66.0 Å². The van der Waals surface area contributed by atoms with E-state index in [1.165, 1.54) is 126 Å². The number of H-pyrrole nitrogens is 1. The normalized spacial score (nSPS) is 15.3. The first kappa shape index (κ1) is 32.1. The molecule has 10 aromatic rings. The van der Waals surface area contributed by atoms with E-state index in [9.17, 15) is 0 Å². The van der Waals surface area contributed by atoms with Crippen LogP contribution in [0.15, 0.2) is 176 Å². The highest BCUT2D eigenvalue weighted by molar-refractivity contribution is 7.23. The molecular weight excluding hydrogens is 728 g/mol. The van der Waals surface area contributed by atoms with Crippen LogP contribution in [0, 0.1) is 0 Å². The Morgan fingerprint density at radius 1 is 0.525 bits per heavy atom. The van der Waals surface area contributed by atoms with Gasteiger partial charge in [-0.1, -0.05) is 177 Å². The number of para-hydroxylation sites is 3. The second-order valence-electron chi connectivity index (χ2n) is 17.4. The number of hydrogen-bond donors (Lipinski definition) is 1. The van der Waals surface area contributed by atoms with Gasteiger partial charge in [-0.25, -0.2) is 0 Å². The van der Waals surface area contributed by atoms with E-state index in [2.05, 4.69) is 207 Å². The summed E-state index contributed by atoms with van der Waals surface area (Å²) in [5.41, 5.74) is 19.4. The third-order valence-electron chi connectivity index (χ3n) is 14.4. The number of rotatable bonds is 1. The molecule has 0 atom stereocenters. The summed E-state index contributed by atoms with van der Waals surface area (Å²) in [7, 11) is -0.161. The molecule has 3 aliphatic heterocycles. The molecule has 14 rings (SSSR count). The van der Waals surface area contributed by atoms with Gasteiger partial charge in [-0.2, -0.15) is 0 Å². The first-order valence-electron chi connectivity index (χ1n) is 20.9. The number of aromatic nitrogens is 1. The quantitative estimate of drug-likeness (QED) is 0.165. The van der Waals surface area contributed by atoms with Crippen LogP contribution in [-0.2, 0) is 5.41 Å². The Bertz CT molecular complexity index is 3490. The maximum atomic E-state index is 3.99. The Hall–Kier alpha value is -6.88. The molecule has 0 saturated heterocycles. The van der Waals surface area contributed by atoms with Crippen molar-refractivity contribution in [1.29, 1.82) is 0 Å². The van der Waals surface area contributed by atoms with E-state index in [0.29, 0.717) is 0 Å². The third-order valence-corrected chi connectivity index (χ3v) is 19.3. The van der Waals surface area contributed by atoms with E-state index < -0.39 is 8.07 Å². The van der Waals surface area contributed by atoms with Crippen molar-refractivity contribution in [1.82, 2.24) is 4.98 Å². The van der Waals surface area contributed by atoms with Crippen LogP contribution >= 0.6 is 0 Å². The first-order chi connectivity index (χ1) is 29.0. The molecule has 2 nitrogen and oxygen atoms in total. The van der Waals surface area contributed by atoms with Crippen LogP contribution in [0.3, 0.4) is 0 Å². The lowest BCUT2D eigenvalue weighted by molar-refractivity contribution is 0.662. The molecule has 0 amide bonds. The van der Waals surface area contributed by atoms with Crippen molar-refractivity contribution in [3.8, 4) is 33.4 Å². The smallest absolute Gasteiger partial charge is 0.197 e. The van der Waals surface area contributed by atoms with Crippen molar-refractivity contribution >= 4 is 96.7 Å². The lowest BCUT2D eigenvalue weighted by atomic mass is 9.56. The van der Waals surface area contributed by atoms with Crippen LogP contribution in [0.2, 0.25) is 0 Å². The van der Waals surface area contributed by atoms with Crippen LogP contribution in [-0.4, -0.2) is 20.3 Å². The van der Waals surface area contributed by atoms with Crippen molar-refractivity contribution in [3.05, 3.63) is 187 Å². The second kappa shape index (κ2) is 11.0. The van der Waals surface area contributed by atoms with Gasteiger partial charge in [0.15, 0.2) is 15.4 Å². The number of benzene rings is 9. The highest BCUT2D eigenvalue weighted by atomic mass is 28.3. The van der Waals surface area contributed by atoms with Crippen molar-refractivity contribution < 1.29 is 0 Å². The largest absolute Gasteiger partial charge is 0.354 e. The molecular formula is C55H36BN2Si. The fraction of sp³-hybridized carbons (Fsp3) is 0.0545. The van der Waals surface area contributed by atoms with Crippen LogP contribution in [0.4, 0.5) is 17.1 Å². The van der Waals surface area contributed by atoms with E-state index in [0.717, 1.165) is 0 Å². The Kier molecular flexibility index (Phi) is 5.98. The zero-order valence-corrected chi connectivity index (χ0v) is 33.8. The van der Waals surface area contributed by atoms with Gasteiger partial charge in [0.1, 0.15) is 0 Å². The molecule has 1 radical (unpaired) electrons. The molecule has 0 bridgehead atoms. The fourth-order valence-electron chi connectivity index (χ4n) is 12.2. The summed E-state index contributed by atoms with van der Waals surface area (Å²) in [5, 5.41) is 11.0. The van der Waals surface area contributed by atoms with Crippen molar-refractivity contribution in [3.63, 3.8) is 0 Å². The predicted octanol–water partition coefficient (Wildman–Crippen LogP) is 9.56. The lowest BCUT2D eigenvalue weighted by Crippen LogP contribution is -2.76. The molecule has 1 aliphatic carbocycles. The summed E-state index contributed by atoms with van der Waals surface area (Å²) in [5.74, 6) is 0. The summed E-state index contributed by atoms with van der Waals surface area (Å²) >= 11 is 0.